The summed E-state index contributed by atoms with van der Waals surface area (Å²) in [6.07, 6.45) is 11.4. The molecule has 0 aliphatic heterocycles. The Hall–Kier alpha value is -0.330. The van der Waals surface area contributed by atoms with E-state index >= 15 is 0 Å². The zero-order chi connectivity index (χ0) is 20.9. The van der Waals surface area contributed by atoms with E-state index in [1.165, 1.54) is 44.9 Å². The molecule has 0 saturated heterocycles. The van der Waals surface area contributed by atoms with Gasteiger partial charge in [0.1, 0.15) is 5.78 Å². The molecule has 25 heavy (non-hydrogen) atoms. The molecule has 0 N–H and O–H groups in total. The number of hydrogen-bond donors (Lipinski definition) is 0. The average molecular weight is 359 g/mol. The fourth-order valence-corrected chi connectivity index (χ4v) is 2.81. The van der Waals surface area contributed by atoms with Gasteiger partial charge in [0.25, 0.3) is 0 Å². The summed E-state index contributed by atoms with van der Waals surface area (Å²) in [5, 5.41) is 0. The first kappa shape index (κ1) is 32.4. The standard InChI is InChI=1S/C9H18O.C9H18.3C2H6/c1-6-7(2)8(10)9(3,4)5;1-2-6-9-7-4-3-5-8-9;3*1-2/h7H,6H2,1-5H3;9H,2-8H2,1H3;3*1-2H3. The van der Waals surface area contributed by atoms with Gasteiger partial charge in [0.15, 0.2) is 0 Å². The predicted octanol–water partition coefficient (Wildman–Crippen LogP) is 9.09. The van der Waals surface area contributed by atoms with Gasteiger partial charge in [-0.1, -0.05) is 128 Å². The highest BCUT2D eigenvalue weighted by atomic mass is 16.1. The molecule has 0 aromatic rings. The summed E-state index contributed by atoms with van der Waals surface area (Å²) in [6, 6.07) is 0. The molecule has 0 radical (unpaired) electrons. The molecule has 1 aliphatic carbocycles. The first-order valence-corrected chi connectivity index (χ1v) is 11.4. The van der Waals surface area contributed by atoms with E-state index in [1.54, 1.807) is 0 Å². The Balaban J connectivity index is -0.000000136. The number of ketones is 1. The Morgan fingerprint density at radius 2 is 1.28 bits per heavy atom. The molecule has 1 rings (SSSR count). The van der Waals surface area contributed by atoms with Crippen LogP contribution in [0, 0.1) is 17.3 Å². The molecule has 1 heteroatoms. The minimum absolute atomic E-state index is 0.157. The molecule has 0 heterocycles. The van der Waals surface area contributed by atoms with Crippen molar-refractivity contribution in [2.45, 2.75) is 134 Å². The van der Waals surface area contributed by atoms with Crippen molar-refractivity contribution in [3.8, 4) is 0 Å². The van der Waals surface area contributed by atoms with Crippen LogP contribution in [0.2, 0.25) is 0 Å². The van der Waals surface area contributed by atoms with Crippen molar-refractivity contribution < 1.29 is 4.79 Å². The summed E-state index contributed by atoms with van der Waals surface area (Å²) in [7, 11) is 0. The topological polar surface area (TPSA) is 17.1 Å². The van der Waals surface area contributed by atoms with Gasteiger partial charge in [-0.3, -0.25) is 4.79 Å². The second-order valence-electron chi connectivity index (χ2n) is 7.22. The zero-order valence-electron chi connectivity index (χ0n) is 20.2. The second kappa shape index (κ2) is 23.7. The van der Waals surface area contributed by atoms with E-state index in [0.29, 0.717) is 5.78 Å². The number of carbonyl (C=O) groups excluding carboxylic acids is 1. The average Bonchev–Trinajstić information content (AvgIpc) is 2.66. The van der Waals surface area contributed by atoms with Crippen LogP contribution in [0.15, 0.2) is 0 Å². The van der Waals surface area contributed by atoms with E-state index in [0.717, 1.165) is 12.3 Å². The largest absolute Gasteiger partial charge is 0.299 e. The van der Waals surface area contributed by atoms with Gasteiger partial charge < -0.3 is 0 Å². The molecule has 0 aromatic carbocycles. The van der Waals surface area contributed by atoms with Crippen LogP contribution in [0.1, 0.15) is 134 Å². The number of carbonyl (C=O) groups is 1. The fraction of sp³-hybridized carbons (Fsp3) is 0.958. The van der Waals surface area contributed by atoms with Crippen LogP contribution in [-0.4, -0.2) is 5.78 Å². The van der Waals surface area contributed by atoms with Crippen molar-refractivity contribution in [2.75, 3.05) is 0 Å². The van der Waals surface area contributed by atoms with Crippen molar-refractivity contribution in [3.63, 3.8) is 0 Å². The third kappa shape index (κ3) is 21.6. The predicted molar refractivity (Wildman–Crippen MR) is 119 cm³/mol. The van der Waals surface area contributed by atoms with Crippen LogP contribution in [0.3, 0.4) is 0 Å². The SMILES string of the molecule is CC.CC.CC.CCC(C)C(=O)C(C)(C)C.CCCC1CCCCC1. The van der Waals surface area contributed by atoms with E-state index in [9.17, 15) is 4.79 Å². The van der Waals surface area contributed by atoms with Crippen LogP contribution >= 0.6 is 0 Å². The highest BCUT2D eigenvalue weighted by molar-refractivity contribution is 5.85. The molecule has 1 unspecified atom stereocenters. The molecule has 1 aliphatic rings. The van der Waals surface area contributed by atoms with Gasteiger partial charge in [-0.05, 0) is 12.3 Å². The highest BCUT2D eigenvalue weighted by Crippen LogP contribution is 2.26. The number of Topliss-reactive ketones (excluding diaryl/α,β-unsaturated/α-hetero) is 1. The van der Waals surface area contributed by atoms with Gasteiger partial charge in [-0.25, -0.2) is 0 Å². The summed E-state index contributed by atoms with van der Waals surface area (Å²) in [6.45, 7) is 24.3. The maximum absolute atomic E-state index is 11.4. The van der Waals surface area contributed by atoms with Crippen molar-refractivity contribution >= 4 is 5.78 Å². The van der Waals surface area contributed by atoms with Crippen LogP contribution < -0.4 is 0 Å². The normalized spacial score (nSPS) is 14.7. The number of hydrogen-bond acceptors (Lipinski definition) is 1. The summed E-state index contributed by atoms with van der Waals surface area (Å²) in [5.74, 6) is 1.69. The lowest BCUT2D eigenvalue weighted by molar-refractivity contribution is -0.129. The minimum atomic E-state index is -0.157. The van der Waals surface area contributed by atoms with Gasteiger partial charge in [0.05, 0.1) is 0 Å². The van der Waals surface area contributed by atoms with Crippen LogP contribution in [-0.2, 0) is 4.79 Å². The van der Waals surface area contributed by atoms with Gasteiger partial charge >= 0.3 is 0 Å². The second-order valence-corrected chi connectivity index (χ2v) is 7.22. The van der Waals surface area contributed by atoms with Crippen molar-refractivity contribution in [3.05, 3.63) is 0 Å². The lowest BCUT2D eigenvalue weighted by Gasteiger charge is -2.20. The fourth-order valence-electron chi connectivity index (χ4n) is 2.81. The lowest BCUT2D eigenvalue weighted by atomic mass is 9.83. The van der Waals surface area contributed by atoms with E-state index in [4.69, 9.17) is 0 Å². The van der Waals surface area contributed by atoms with Gasteiger partial charge in [-0.15, -0.1) is 0 Å². The zero-order valence-corrected chi connectivity index (χ0v) is 20.2. The van der Waals surface area contributed by atoms with Gasteiger partial charge in [-0.2, -0.15) is 0 Å². The molecule has 1 atom stereocenters. The minimum Gasteiger partial charge on any atom is -0.299 e. The monoisotopic (exact) mass is 358 g/mol. The van der Waals surface area contributed by atoms with Gasteiger partial charge in [0, 0.05) is 11.3 Å². The molecule has 0 bridgehead atoms. The smallest absolute Gasteiger partial charge is 0.140 e. The maximum Gasteiger partial charge on any atom is 0.140 e. The maximum atomic E-state index is 11.4. The Morgan fingerprint density at radius 3 is 1.52 bits per heavy atom. The molecule has 0 amide bonds. The quantitative estimate of drug-likeness (QED) is 0.489. The van der Waals surface area contributed by atoms with E-state index in [2.05, 4.69) is 6.92 Å². The summed E-state index contributed by atoms with van der Waals surface area (Å²) in [5.41, 5.74) is -0.157. The first-order chi connectivity index (χ1) is 11.8. The summed E-state index contributed by atoms with van der Waals surface area (Å²) in [4.78, 5) is 11.4. The first-order valence-electron chi connectivity index (χ1n) is 11.4. The molecule has 0 spiro atoms. The van der Waals surface area contributed by atoms with Crippen LogP contribution in [0.25, 0.3) is 0 Å². The molecular weight excluding hydrogens is 304 g/mol. The molecule has 0 aromatic heterocycles. The lowest BCUT2D eigenvalue weighted by Crippen LogP contribution is -2.26. The molecular formula is C24H54O. The summed E-state index contributed by atoms with van der Waals surface area (Å²) < 4.78 is 0. The third-order valence-corrected chi connectivity index (χ3v) is 4.22. The van der Waals surface area contributed by atoms with E-state index in [-0.39, 0.29) is 11.3 Å². The summed E-state index contributed by atoms with van der Waals surface area (Å²) >= 11 is 0. The molecule has 1 fully saturated rings. The van der Waals surface area contributed by atoms with Crippen molar-refractivity contribution in [2.24, 2.45) is 17.3 Å². The highest BCUT2D eigenvalue weighted by Gasteiger charge is 2.24. The van der Waals surface area contributed by atoms with Crippen molar-refractivity contribution in [1.29, 1.82) is 0 Å². The van der Waals surface area contributed by atoms with Crippen LogP contribution in [0.5, 0.6) is 0 Å². The Kier molecular flexibility index (Phi) is 30.6. The van der Waals surface area contributed by atoms with E-state index in [1.807, 2.05) is 76.2 Å². The Bertz CT molecular complexity index is 228. The van der Waals surface area contributed by atoms with Crippen LogP contribution in [0.4, 0.5) is 0 Å². The van der Waals surface area contributed by atoms with Gasteiger partial charge in [0.2, 0.25) is 0 Å². The Morgan fingerprint density at radius 1 is 0.880 bits per heavy atom. The molecule has 1 nitrogen and oxygen atoms in total. The van der Waals surface area contributed by atoms with E-state index < -0.39 is 0 Å². The Labute approximate surface area is 162 Å². The molecule has 156 valence electrons. The third-order valence-electron chi connectivity index (χ3n) is 4.22. The van der Waals surface area contributed by atoms with Crippen molar-refractivity contribution in [1.82, 2.24) is 0 Å². The molecule has 1 saturated carbocycles. The number of rotatable bonds is 4.